The highest BCUT2D eigenvalue weighted by atomic mass is 19.1. The molecule has 26 heavy (non-hydrogen) atoms. The number of hydrogen-bond acceptors (Lipinski definition) is 5. The summed E-state index contributed by atoms with van der Waals surface area (Å²) in [5, 5.41) is 3.39. The van der Waals surface area contributed by atoms with Crippen LogP contribution in [0.3, 0.4) is 0 Å². The molecule has 6 heteroatoms. The summed E-state index contributed by atoms with van der Waals surface area (Å²) < 4.78 is 25.3. The molecule has 2 aromatic rings. The van der Waals surface area contributed by atoms with Crippen molar-refractivity contribution in [1.29, 1.82) is 0 Å². The first-order chi connectivity index (χ1) is 12.7. The number of ether oxygens (including phenoxy) is 2. The van der Waals surface area contributed by atoms with Crippen LogP contribution in [0.5, 0.6) is 11.5 Å². The molecule has 1 saturated heterocycles. The van der Waals surface area contributed by atoms with Crippen molar-refractivity contribution >= 4 is 11.4 Å². The maximum atomic E-state index is 13.5. The van der Waals surface area contributed by atoms with Gasteiger partial charge in [0, 0.05) is 19.1 Å². The quantitative estimate of drug-likeness (QED) is 0.824. The van der Waals surface area contributed by atoms with E-state index in [1.165, 1.54) is 12.1 Å². The molecule has 2 aliphatic rings. The van der Waals surface area contributed by atoms with E-state index >= 15 is 0 Å². The van der Waals surface area contributed by atoms with Gasteiger partial charge in [0.25, 0.3) is 0 Å². The van der Waals surface area contributed by atoms with Gasteiger partial charge in [0.1, 0.15) is 18.5 Å². The van der Waals surface area contributed by atoms with Crippen molar-refractivity contribution < 1.29 is 13.9 Å². The molecule has 0 aliphatic carbocycles. The third-order valence-corrected chi connectivity index (χ3v) is 4.91. The number of rotatable bonds is 4. The Kier molecular flexibility index (Phi) is 4.84. The van der Waals surface area contributed by atoms with Gasteiger partial charge in [-0.05, 0) is 49.7 Å². The lowest BCUT2D eigenvalue weighted by Crippen LogP contribution is -2.48. The van der Waals surface area contributed by atoms with Gasteiger partial charge in [0.15, 0.2) is 11.5 Å². The summed E-state index contributed by atoms with van der Waals surface area (Å²) in [6.45, 7) is 3.27. The Bertz CT molecular complexity index is 770. The fourth-order valence-corrected chi connectivity index (χ4v) is 3.65. The van der Waals surface area contributed by atoms with E-state index < -0.39 is 0 Å². The molecule has 0 spiro atoms. The zero-order valence-corrected chi connectivity index (χ0v) is 14.7. The molecule has 0 bridgehead atoms. The SMILES string of the molecule is Nc1ccc(F)cc1NC1CCCN(CC2COc3ccccc3O2)C1. The minimum atomic E-state index is -0.277. The summed E-state index contributed by atoms with van der Waals surface area (Å²) in [6.07, 6.45) is 2.14. The third kappa shape index (κ3) is 3.85. The molecule has 2 heterocycles. The number of nitrogens with two attached hydrogens (primary N) is 1. The van der Waals surface area contributed by atoms with Crippen LogP contribution >= 0.6 is 0 Å². The topological polar surface area (TPSA) is 59.8 Å². The number of likely N-dealkylation sites (tertiary alicyclic amines) is 1. The number of benzene rings is 2. The summed E-state index contributed by atoms with van der Waals surface area (Å²) in [7, 11) is 0. The van der Waals surface area contributed by atoms with E-state index in [4.69, 9.17) is 15.2 Å². The summed E-state index contributed by atoms with van der Waals surface area (Å²) in [5.41, 5.74) is 7.20. The van der Waals surface area contributed by atoms with Crippen LogP contribution in [0, 0.1) is 5.82 Å². The smallest absolute Gasteiger partial charge is 0.161 e. The lowest BCUT2D eigenvalue weighted by Gasteiger charge is -2.37. The minimum absolute atomic E-state index is 0.0166. The average molecular weight is 357 g/mol. The van der Waals surface area contributed by atoms with Gasteiger partial charge < -0.3 is 20.5 Å². The molecule has 2 aromatic carbocycles. The molecule has 1 fully saturated rings. The summed E-state index contributed by atoms with van der Waals surface area (Å²) >= 11 is 0. The molecule has 0 saturated carbocycles. The zero-order chi connectivity index (χ0) is 17.9. The summed E-state index contributed by atoms with van der Waals surface area (Å²) in [4.78, 5) is 2.37. The number of piperidine rings is 1. The zero-order valence-electron chi connectivity index (χ0n) is 14.7. The molecule has 138 valence electrons. The Morgan fingerprint density at radius 2 is 2.04 bits per heavy atom. The van der Waals surface area contributed by atoms with E-state index in [9.17, 15) is 4.39 Å². The minimum Gasteiger partial charge on any atom is -0.486 e. The van der Waals surface area contributed by atoms with Gasteiger partial charge in [-0.2, -0.15) is 0 Å². The Labute approximate surface area is 152 Å². The monoisotopic (exact) mass is 357 g/mol. The number of fused-ring (bicyclic) bond motifs is 1. The van der Waals surface area contributed by atoms with Crippen LogP contribution in [0.1, 0.15) is 12.8 Å². The summed E-state index contributed by atoms with van der Waals surface area (Å²) in [5.74, 6) is 1.34. The number of para-hydroxylation sites is 2. The highest BCUT2D eigenvalue weighted by molar-refractivity contribution is 5.66. The van der Waals surface area contributed by atoms with Gasteiger partial charge in [-0.15, -0.1) is 0 Å². The van der Waals surface area contributed by atoms with Crippen molar-refractivity contribution in [2.45, 2.75) is 25.0 Å². The van der Waals surface area contributed by atoms with Crippen molar-refractivity contribution in [3.63, 3.8) is 0 Å². The van der Waals surface area contributed by atoms with Crippen molar-refractivity contribution in [1.82, 2.24) is 4.90 Å². The van der Waals surface area contributed by atoms with Crippen LogP contribution in [-0.2, 0) is 0 Å². The third-order valence-electron chi connectivity index (χ3n) is 4.91. The van der Waals surface area contributed by atoms with Crippen LogP contribution in [-0.4, -0.2) is 43.3 Å². The Balaban J connectivity index is 1.35. The standard InChI is InChI=1S/C20H24FN3O2/c21-14-7-8-17(22)18(10-14)23-15-4-3-9-24(11-15)12-16-13-25-19-5-1-2-6-20(19)26-16/h1-2,5-8,10,15-16,23H,3-4,9,11-13,22H2. The molecule has 2 atom stereocenters. The molecular weight excluding hydrogens is 333 g/mol. The first-order valence-corrected chi connectivity index (χ1v) is 9.10. The second-order valence-electron chi connectivity index (χ2n) is 6.97. The van der Waals surface area contributed by atoms with Gasteiger partial charge in [-0.1, -0.05) is 12.1 Å². The number of nitrogens with zero attached hydrogens (tertiary/aromatic N) is 1. The number of anilines is 2. The number of halogens is 1. The predicted octanol–water partition coefficient (Wildman–Crippen LogP) is 3.12. The van der Waals surface area contributed by atoms with E-state index in [-0.39, 0.29) is 18.0 Å². The largest absolute Gasteiger partial charge is 0.486 e. The predicted molar refractivity (Wildman–Crippen MR) is 100 cm³/mol. The van der Waals surface area contributed by atoms with E-state index in [0.717, 1.165) is 44.0 Å². The number of nitrogens with one attached hydrogen (secondary N) is 1. The molecule has 0 amide bonds. The van der Waals surface area contributed by atoms with Crippen molar-refractivity contribution in [2.24, 2.45) is 0 Å². The van der Waals surface area contributed by atoms with Crippen LogP contribution < -0.4 is 20.5 Å². The maximum absolute atomic E-state index is 13.5. The highest BCUT2D eigenvalue weighted by Crippen LogP contribution is 2.31. The average Bonchev–Trinajstić information content (AvgIpc) is 2.65. The van der Waals surface area contributed by atoms with Gasteiger partial charge in [-0.25, -0.2) is 4.39 Å². The second-order valence-corrected chi connectivity index (χ2v) is 6.97. The maximum Gasteiger partial charge on any atom is 0.161 e. The van der Waals surface area contributed by atoms with Crippen molar-refractivity contribution in [3.05, 3.63) is 48.3 Å². The van der Waals surface area contributed by atoms with E-state index in [1.54, 1.807) is 6.07 Å². The molecule has 0 radical (unpaired) electrons. The van der Waals surface area contributed by atoms with Crippen LogP contribution in [0.15, 0.2) is 42.5 Å². The van der Waals surface area contributed by atoms with Gasteiger partial charge in [-0.3, -0.25) is 4.90 Å². The van der Waals surface area contributed by atoms with Crippen LogP contribution in [0.2, 0.25) is 0 Å². The highest BCUT2D eigenvalue weighted by Gasteiger charge is 2.26. The van der Waals surface area contributed by atoms with Crippen molar-refractivity contribution in [3.8, 4) is 11.5 Å². The first-order valence-electron chi connectivity index (χ1n) is 9.10. The second kappa shape index (κ2) is 7.41. The first kappa shape index (κ1) is 17.0. The molecule has 3 N–H and O–H groups in total. The fourth-order valence-electron chi connectivity index (χ4n) is 3.65. The van der Waals surface area contributed by atoms with Gasteiger partial charge >= 0.3 is 0 Å². The van der Waals surface area contributed by atoms with Crippen LogP contribution in [0.25, 0.3) is 0 Å². The molecular formula is C20H24FN3O2. The molecule has 5 nitrogen and oxygen atoms in total. The molecule has 0 aromatic heterocycles. The van der Waals surface area contributed by atoms with Crippen molar-refractivity contribution in [2.75, 3.05) is 37.3 Å². The summed E-state index contributed by atoms with van der Waals surface area (Å²) in [6, 6.07) is 12.4. The number of hydrogen-bond donors (Lipinski definition) is 2. The van der Waals surface area contributed by atoms with Gasteiger partial charge in [0.2, 0.25) is 0 Å². The lowest BCUT2D eigenvalue weighted by atomic mass is 10.0. The van der Waals surface area contributed by atoms with Gasteiger partial charge in [0.05, 0.1) is 11.4 Å². The molecule has 4 rings (SSSR count). The Morgan fingerprint density at radius 1 is 1.19 bits per heavy atom. The Morgan fingerprint density at radius 3 is 2.92 bits per heavy atom. The Hall–Kier alpha value is -2.47. The van der Waals surface area contributed by atoms with E-state index in [1.807, 2.05) is 24.3 Å². The lowest BCUT2D eigenvalue weighted by molar-refractivity contribution is 0.0518. The van der Waals surface area contributed by atoms with Crippen LogP contribution in [0.4, 0.5) is 15.8 Å². The fraction of sp³-hybridized carbons (Fsp3) is 0.400. The number of nitrogen functional groups attached to an aromatic ring is 1. The van der Waals surface area contributed by atoms with E-state index in [2.05, 4.69) is 10.2 Å². The van der Waals surface area contributed by atoms with E-state index in [0.29, 0.717) is 18.0 Å². The normalized spacial score (nSPS) is 22.8. The molecule has 2 aliphatic heterocycles. The molecule has 2 unspecified atom stereocenters.